The van der Waals surface area contributed by atoms with Gasteiger partial charge in [0.2, 0.25) is 0 Å². The third-order valence-electron chi connectivity index (χ3n) is 2.81. The smallest absolute Gasteiger partial charge is 0.427 e. The number of carbonyl (C=O) groups excluding carboxylic acids is 2. The van der Waals surface area contributed by atoms with Crippen LogP contribution in [0, 0.1) is 6.92 Å². The van der Waals surface area contributed by atoms with Crippen molar-refractivity contribution in [1.82, 2.24) is 5.43 Å². The van der Waals surface area contributed by atoms with Gasteiger partial charge in [-0.3, -0.25) is 4.79 Å². The largest absolute Gasteiger partial charge is 0.466 e. The Labute approximate surface area is 140 Å². The Morgan fingerprint density at radius 3 is 2.57 bits per heavy atom. The van der Waals surface area contributed by atoms with Crippen molar-refractivity contribution in [2.75, 3.05) is 19.5 Å². The molecule has 0 bridgehead atoms. The van der Waals surface area contributed by atoms with Crippen molar-refractivity contribution in [3.05, 3.63) is 35.4 Å². The van der Waals surface area contributed by atoms with Gasteiger partial charge in [-0.1, -0.05) is 29.8 Å². The highest BCUT2D eigenvalue weighted by atomic mass is 32.2. The van der Waals surface area contributed by atoms with Crippen LogP contribution in [0.5, 0.6) is 0 Å². The molecule has 0 unspecified atom stereocenters. The molecule has 6 nitrogen and oxygen atoms in total. The first-order valence-corrected chi connectivity index (χ1v) is 8.28. The van der Waals surface area contributed by atoms with Crippen LogP contribution in [-0.2, 0) is 20.7 Å². The number of hydrogen-bond donors (Lipinski definition) is 1. The second-order valence-electron chi connectivity index (χ2n) is 4.67. The lowest BCUT2D eigenvalue weighted by molar-refractivity contribution is -0.142. The maximum atomic E-state index is 11.4. The number of ether oxygens (including phenoxy) is 2. The molecule has 1 aromatic rings. The zero-order chi connectivity index (χ0) is 17.1. The predicted octanol–water partition coefficient (Wildman–Crippen LogP) is 2.89. The van der Waals surface area contributed by atoms with Crippen LogP contribution >= 0.6 is 11.8 Å². The molecule has 0 saturated heterocycles. The summed E-state index contributed by atoms with van der Waals surface area (Å²) in [6.45, 7) is 4.17. The Morgan fingerprint density at radius 1 is 1.26 bits per heavy atom. The summed E-state index contributed by atoms with van der Waals surface area (Å²) in [5.74, 6) is 0.294. The summed E-state index contributed by atoms with van der Waals surface area (Å²) in [7, 11) is 1.28. The van der Waals surface area contributed by atoms with E-state index >= 15 is 0 Å². The molecule has 0 aliphatic heterocycles. The molecular formula is C16H22N2O4S. The highest BCUT2D eigenvalue weighted by molar-refractivity contribution is 8.13. The number of amides is 1. The van der Waals surface area contributed by atoms with Gasteiger partial charge in [-0.15, -0.1) is 11.8 Å². The molecule has 0 saturated carbocycles. The number of carbonyl (C=O) groups is 2. The first-order valence-electron chi connectivity index (χ1n) is 7.29. The fraction of sp³-hybridized carbons (Fsp3) is 0.438. The average molecular weight is 338 g/mol. The molecule has 1 aromatic carbocycles. The Bertz CT molecular complexity index is 544. The highest BCUT2D eigenvalue weighted by Gasteiger charge is 2.08. The SMILES string of the molecule is CCOC(=O)CCSC(Cc1ccc(C)cc1)=NNC(=O)OC. The van der Waals surface area contributed by atoms with Gasteiger partial charge in [0, 0.05) is 12.2 Å². The Balaban J connectivity index is 2.63. The van der Waals surface area contributed by atoms with Gasteiger partial charge in [-0.2, -0.15) is 5.10 Å². The fourth-order valence-corrected chi connectivity index (χ4v) is 2.53. The van der Waals surface area contributed by atoms with Crippen molar-refractivity contribution in [1.29, 1.82) is 0 Å². The van der Waals surface area contributed by atoms with Gasteiger partial charge in [0.15, 0.2) is 0 Å². The maximum Gasteiger partial charge on any atom is 0.427 e. The summed E-state index contributed by atoms with van der Waals surface area (Å²) in [4.78, 5) is 22.5. The number of aryl methyl sites for hydroxylation is 1. The summed E-state index contributed by atoms with van der Waals surface area (Å²) in [6.07, 6.45) is 0.235. The van der Waals surface area contributed by atoms with Crippen LogP contribution in [0.4, 0.5) is 4.79 Å². The molecule has 23 heavy (non-hydrogen) atoms. The van der Waals surface area contributed by atoms with Gasteiger partial charge in [-0.05, 0) is 19.4 Å². The van der Waals surface area contributed by atoms with Gasteiger partial charge in [0.05, 0.1) is 25.2 Å². The van der Waals surface area contributed by atoms with Crippen molar-refractivity contribution < 1.29 is 19.1 Å². The molecule has 0 fully saturated rings. The summed E-state index contributed by atoms with van der Waals surface area (Å²) < 4.78 is 9.39. The van der Waals surface area contributed by atoms with Crippen LogP contribution in [0.25, 0.3) is 0 Å². The fourth-order valence-electron chi connectivity index (χ4n) is 1.64. The topological polar surface area (TPSA) is 77.0 Å². The molecule has 0 atom stereocenters. The third-order valence-corrected chi connectivity index (χ3v) is 3.79. The summed E-state index contributed by atoms with van der Waals surface area (Å²) in [5.41, 5.74) is 4.57. The van der Waals surface area contributed by atoms with E-state index in [1.807, 2.05) is 31.2 Å². The van der Waals surface area contributed by atoms with Crippen molar-refractivity contribution in [3.8, 4) is 0 Å². The zero-order valence-electron chi connectivity index (χ0n) is 13.6. The number of nitrogens with zero attached hydrogens (tertiary/aromatic N) is 1. The van der Waals surface area contributed by atoms with Crippen LogP contribution in [0.1, 0.15) is 24.5 Å². The second kappa shape index (κ2) is 10.7. The van der Waals surface area contributed by atoms with Gasteiger partial charge >= 0.3 is 12.1 Å². The maximum absolute atomic E-state index is 11.4. The number of thioether (sulfide) groups is 1. The molecule has 1 N–H and O–H groups in total. The van der Waals surface area contributed by atoms with E-state index in [0.717, 1.165) is 5.56 Å². The van der Waals surface area contributed by atoms with Crippen LogP contribution in [0.15, 0.2) is 29.4 Å². The first kappa shape index (κ1) is 19.0. The second-order valence-corrected chi connectivity index (χ2v) is 5.84. The average Bonchev–Trinajstić information content (AvgIpc) is 2.54. The van der Waals surface area contributed by atoms with Crippen molar-refractivity contribution in [2.24, 2.45) is 5.10 Å². The molecule has 0 spiro atoms. The lowest BCUT2D eigenvalue weighted by atomic mass is 10.1. The van der Waals surface area contributed by atoms with Gasteiger partial charge < -0.3 is 9.47 Å². The lowest BCUT2D eigenvalue weighted by Crippen LogP contribution is -2.19. The molecular weight excluding hydrogens is 316 g/mol. The standard InChI is InChI=1S/C16H22N2O4S/c1-4-22-15(19)9-10-23-14(17-18-16(20)21-3)11-13-7-5-12(2)6-8-13/h5-8H,4,9-11H2,1-3H3,(H,18,20). The molecule has 1 amide bonds. The minimum atomic E-state index is -0.627. The van der Waals surface area contributed by atoms with Gasteiger partial charge in [0.1, 0.15) is 0 Å². The third kappa shape index (κ3) is 8.25. The van der Waals surface area contributed by atoms with Crippen LogP contribution in [-0.4, -0.2) is 36.6 Å². The Hall–Kier alpha value is -2.02. The van der Waals surface area contributed by atoms with E-state index in [1.54, 1.807) is 6.92 Å². The van der Waals surface area contributed by atoms with E-state index in [0.29, 0.717) is 30.2 Å². The normalized spacial score (nSPS) is 11.0. The van der Waals surface area contributed by atoms with Crippen molar-refractivity contribution in [2.45, 2.75) is 26.7 Å². The number of rotatable bonds is 7. The number of nitrogens with one attached hydrogen (secondary N) is 1. The van der Waals surface area contributed by atoms with E-state index in [4.69, 9.17) is 4.74 Å². The van der Waals surface area contributed by atoms with E-state index in [2.05, 4.69) is 15.3 Å². The summed E-state index contributed by atoms with van der Waals surface area (Å²) in [6, 6.07) is 8.05. The molecule has 0 aliphatic carbocycles. The molecule has 0 radical (unpaired) electrons. The van der Waals surface area contributed by atoms with Gasteiger partial charge in [-0.25, -0.2) is 10.2 Å². The van der Waals surface area contributed by atoms with E-state index in [1.165, 1.54) is 24.4 Å². The summed E-state index contributed by atoms with van der Waals surface area (Å²) >= 11 is 1.41. The first-order chi connectivity index (χ1) is 11.0. The number of hydrazone groups is 1. The molecule has 0 aliphatic rings. The molecule has 0 aromatic heterocycles. The van der Waals surface area contributed by atoms with E-state index in [9.17, 15) is 9.59 Å². The number of methoxy groups -OCH3 is 1. The minimum absolute atomic E-state index is 0.240. The van der Waals surface area contributed by atoms with Crippen molar-refractivity contribution >= 4 is 28.9 Å². The molecule has 1 rings (SSSR count). The monoisotopic (exact) mass is 338 g/mol. The molecule has 126 valence electrons. The van der Waals surface area contributed by atoms with Crippen LogP contribution < -0.4 is 5.43 Å². The Kier molecular flexibility index (Phi) is 8.82. The quantitative estimate of drug-likeness (QED) is 0.358. The minimum Gasteiger partial charge on any atom is -0.466 e. The number of benzene rings is 1. The predicted molar refractivity (Wildman–Crippen MR) is 91.6 cm³/mol. The number of esters is 1. The highest BCUT2D eigenvalue weighted by Crippen LogP contribution is 2.13. The van der Waals surface area contributed by atoms with E-state index in [-0.39, 0.29) is 5.97 Å². The Morgan fingerprint density at radius 2 is 1.96 bits per heavy atom. The lowest BCUT2D eigenvalue weighted by Gasteiger charge is -2.07. The molecule has 0 heterocycles. The van der Waals surface area contributed by atoms with Gasteiger partial charge in [0.25, 0.3) is 0 Å². The van der Waals surface area contributed by atoms with Crippen LogP contribution in [0.2, 0.25) is 0 Å². The zero-order valence-corrected chi connectivity index (χ0v) is 14.4. The van der Waals surface area contributed by atoms with E-state index < -0.39 is 6.09 Å². The van der Waals surface area contributed by atoms with Crippen molar-refractivity contribution in [3.63, 3.8) is 0 Å². The summed E-state index contributed by atoms with van der Waals surface area (Å²) in [5, 5.41) is 4.76. The molecule has 7 heteroatoms. The number of hydrogen-bond acceptors (Lipinski definition) is 6. The van der Waals surface area contributed by atoms with Crippen LogP contribution in [0.3, 0.4) is 0 Å².